The normalized spacial score (nSPS) is 19.7. The van der Waals surface area contributed by atoms with Crippen molar-refractivity contribution in [3.05, 3.63) is 0 Å². The van der Waals surface area contributed by atoms with E-state index in [9.17, 15) is 4.79 Å². The molecule has 0 unspecified atom stereocenters. The van der Waals surface area contributed by atoms with Gasteiger partial charge in [-0.3, -0.25) is 4.79 Å². The number of rotatable bonds is 6. The maximum atomic E-state index is 12.4. The van der Waals surface area contributed by atoms with Gasteiger partial charge in [-0.2, -0.15) is 0 Å². The van der Waals surface area contributed by atoms with E-state index in [1.807, 2.05) is 25.9 Å². The summed E-state index contributed by atoms with van der Waals surface area (Å²) in [5, 5.41) is 0. The summed E-state index contributed by atoms with van der Waals surface area (Å²) in [7, 11) is 6.22. The number of hydrogen-bond donors (Lipinski definition) is 1. The Morgan fingerprint density at radius 2 is 1.89 bits per heavy atom. The minimum Gasteiger partial charge on any atom is -0.337 e. The van der Waals surface area contributed by atoms with Crippen molar-refractivity contribution in [2.45, 2.75) is 38.3 Å². The number of amides is 1. The highest BCUT2D eigenvalue weighted by molar-refractivity contribution is 5.81. The lowest BCUT2D eigenvalue weighted by molar-refractivity contribution is -0.136. The molecule has 1 rings (SSSR count). The number of hydrogen-bond acceptors (Lipinski definition) is 4. The summed E-state index contributed by atoms with van der Waals surface area (Å²) in [4.78, 5) is 18.9. The molecule has 2 N–H and O–H groups in total. The first-order valence-corrected chi connectivity index (χ1v) is 7.35. The highest BCUT2D eigenvalue weighted by atomic mass is 16.2. The lowest BCUT2D eigenvalue weighted by Crippen LogP contribution is -2.53. The average molecular weight is 270 g/mol. The summed E-state index contributed by atoms with van der Waals surface area (Å²) >= 11 is 0. The van der Waals surface area contributed by atoms with Crippen LogP contribution in [0.1, 0.15) is 26.2 Å². The summed E-state index contributed by atoms with van der Waals surface area (Å²) in [5.74, 6) is 0.124. The van der Waals surface area contributed by atoms with Crippen LogP contribution in [0.5, 0.6) is 0 Å². The molecule has 19 heavy (non-hydrogen) atoms. The Bertz CT molecular complexity index is 275. The standard InChI is InChI=1S/C14H30N4O/c1-5-13(15)14(19)18(11-10-16(2)3)12-6-8-17(4)9-7-12/h12-13H,5-11,15H2,1-4H3/t13-/m0/s1. The molecular weight excluding hydrogens is 240 g/mol. The summed E-state index contributed by atoms with van der Waals surface area (Å²) < 4.78 is 0. The Kier molecular flexibility index (Phi) is 6.75. The van der Waals surface area contributed by atoms with Crippen molar-refractivity contribution in [1.82, 2.24) is 14.7 Å². The molecule has 0 bridgehead atoms. The molecule has 1 atom stereocenters. The Morgan fingerprint density at radius 1 is 1.32 bits per heavy atom. The second kappa shape index (κ2) is 7.82. The fourth-order valence-corrected chi connectivity index (χ4v) is 2.47. The molecule has 0 aliphatic carbocycles. The zero-order valence-electron chi connectivity index (χ0n) is 12.9. The van der Waals surface area contributed by atoms with E-state index in [0.717, 1.165) is 39.0 Å². The van der Waals surface area contributed by atoms with E-state index < -0.39 is 0 Å². The molecule has 0 aromatic carbocycles. The minimum atomic E-state index is -0.346. The molecule has 1 amide bonds. The first-order valence-electron chi connectivity index (χ1n) is 7.35. The molecule has 0 aromatic heterocycles. The molecule has 0 saturated carbocycles. The zero-order chi connectivity index (χ0) is 14.4. The largest absolute Gasteiger partial charge is 0.337 e. The van der Waals surface area contributed by atoms with E-state index in [2.05, 4.69) is 16.8 Å². The van der Waals surface area contributed by atoms with Crippen molar-refractivity contribution < 1.29 is 4.79 Å². The Labute approximate surface area is 117 Å². The van der Waals surface area contributed by atoms with Crippen LogP contribution in [0, 0.1) is 0 Å². The Hall–Kier alpha value is -0.650. The molecule has 0 aromatic rings. The van der Waals surface area contributed by atoms with Crippen LogP contribution in [0.15, 0.2) is 0 Å². The van der Waals surface area contributed by atoms with Gasteiger partial charge in [-0.1, -0.05) is 6.92 Å². The molecular formula is C14H30N4O. The molecule has 1 heterocycles. The molecule has 0 radical (unpaired) electrons. The molecule has 1 saturated heterocycles. The predicted molar refractivity (Wildman–Crippen MR) is 79.1 cm³/mol. The number of carbonyl (C=O) groups is 1. The number of nitrogens with two attached hydrogens (primary N) is 1. The van der Waals surface area contributed by atoms with Gasteiger partial charge in [-0.05, 0) is 53.5 Å². The van der Waals surface area contributed by atoms with Crippen LogP contribution in [-0.4, -0.2) is 80.0 Å². The van der Waals surface area contributed by atoms with E-state index in [1.54, 1.807) is 0 Å². The van der Waals surface area contributed by atoms with Gasteiger partial charge in [0.15, 0.2) is 0 Å². The van der Waals surface area contributed by atoms with Crippen molar-refractivity contribution in [3.63, 3.8) is 0 Å². The predicted octanol–water partition coefficient (Wildman–Crippen LogP) is 0.208. The topological polar surface area (TPSA) is 52.8 Å². The summed E-state index contributed by atoms with van der Waals surface area (Å²) in [5.41, 5.74) is 5.94. The third-order valence-corrected chi connectivity index (χ3v) is 3.96. The van der Waals surface area contributed by atoms with Crippen LogP contribution >= 0.6 is 0 Å². The SMILES string of the molecule is CC[C@H](N)C(=O)N(CCN(C)C)C1CCN(C)CC1. The van der Waals surface area contributed by atoms with E-state index in [1.165, 1.54) is 0 Å². The van der Waals surface area contributed by atoms with Crippen molar-refractivity contribution in [2.75, 3.05) is 47.3 Å². The number of likely N-dealkylation sites (tertiary alicyclic amines) is 1. The molecule has 1 aliphatic rings. The van der Waals surface area contributed by atoms with Gasteiger partial charge in [-0.15, -0.1) is 0 Å². The second-order valence-electron chi connectivity index (χ2n) is 5.88. The van der Waals surface area contributed by atoms with Crippen molar-refractivity contribution in [2.24, 2.45) is 5.73 Å². The highest BCUT2D eigenvalue weighted by Gasteiger charge is 2.29. The van der Waals surface area contributed by atoms with Crippen LogP contribution in [0.4, 0.5) is 0 Å². The third kappa shape index (κ3) is 5.09. The monoisotopic (exact) mass is 270 g/mol. The van der Waals surface area contributed by atoms with Crippen molar-refractivity contribution in [1.29, 1.82) is 0 Å². The number of piperidine rings is 1. The van der Waals surface area contributed by atoms with Crippen LogP contribution in [0.3, 0.4) is 0 Å². The quantitative estimate of drug-likeness (QED) is 0.749. The van der Waals surface area contributed by atoms with E-state index in [0.29, 0.717) is 12.5 Å². The van der Waals surface area contributed by atoms with Crippen LogP contribution in [-0.2, 0) is 4.79 Å². The van der Waals surface area contributed by atoms with Crippen LogP contribution in [0.2, 0.25) is 0 Å². The number of likely N-dealkylation sites (N-methyl/N-ethyl adjacent to an activating group) is 1. The molecule has 1 fully saturated rings. The van der Waals surface area contributed by atoms with Gasteiger partial charge < -0.3 is 20.4 Å². The van der Waals surface area contributed by atoms with Gasteiger partial charge in [0, 0.05) is 19.1 Å². The number of nitrogens with zero attached hydrogens (tertiary/aromatic N) is 3. The molecule has 112 valence electrons. The van der Waals surface area contributed by atoms with Gasteiger partial charge >= 0.3 is 0 Å². The van der Waals surface area contributed by atoms with E-state index >= 15 is 0 Å². The van der Waals surface area contributed by atoms with Gasteiger partial charge in [0.05, 0.1) is 6.04 Å². The molecule has 5 nitrogen and oxygen atoms in total. The van der Waals surface area contributed by atoms with Gasteiger partial charge in [0.2, 0.25) is 5.91 Å². The summed E-state index contributed by atoms with van der Waals surface area (Å²) in [6, 6.07) is 0.0167. The average Bonchev–Trinajstić information content (AvgIpc) is 2.39. The highest BCUT2D eigenvalue weighted by Crippen LogP contribution is 2.16. The molecule has 5 heteroatoms. The smallest absolute Gasteiger partial charge is 0.239 e. The maximum Gasteiger partial charge on any atom is 0.239 e. The molecule has 0 spiro atoms. The zero-order valence-corrected chi connectivity index (χ0v) is 12.9. The Balaban J connectivity index is 2.65. The summed E-state index contributed by atoms with van der Waals surface area (Å²) in [6.07, 6.45) is 2.84. The lowest BCUT2D eigenvalue weighted by atomic mass is 10.0. The third-order valence-electron chi connectivity index (χ3n) is 3.96. The molecule has 1 aliphatic heterocycles. The minimum absolute atomic E-state index is 0.124. The van der Waals surface area contributed by atoms with Gasteiger partial charge in [0.25, 0.3) is 0 Å². The van der Waals surface area contributed by atoms with Crippen molar-refractivity contribution >= 4 is 5.91 Å². The van der Waals surface area contributed by atoms with Gasteiger partial charge in [0.1, 0.15) is 0 Å². The first-order chi connectivity index (χ1) is 8.95. The van der Waals surface area contributed by atoms with E-state index in [-0.39, 0.29) is 11.9 Å². The fourth-order valence-electron chi connectivity index (χ4n) is 2.47. The second-order valence-corrected chi connectivity index (χ2v) is 5.88. The summed E-state index contributed by atoms with van der Waals surface area (Å²) in [6.45, 7) is 5.79. The van der Waals surface area contributed by atoms with Crippen LogP contribution in [0.25, 0.3) is 0 Å². The Morgan fingerprint density at radius 3 is 2.37 bits per heavy atom. The first kappa shape index (κ1) is 16.4. The fraction of sp³-hybridized carbons (Fsp3) is 0.929. The van der Waals surface area contributed by atoms with Crippen molar-refractivity contribution in [3.8, 4) is 0 Å². The van der Waals surface area contributed by atoms with E-state index in [4.69, 9.17) is 5.73 Å². The van der Waals surface area contributed by atoms with Crippen LogP contribution < -0.4 is 5.73 Å². The van der Waals surface area contributed by atoms with Gasteiger partial charge in [-0.25, -0.2) is 0 Å². The lowest BCUT2D eigenvalue weighted by Gasteiger charge is -2.39. The number of carbonyl (C=O) groups excluding carboxylic acids is 1. The maximum absolute atomic E-state index is 12.4.